The summed E-state index contributed by atoms with van der Waals surface area (Å²) in [6.45, 7) is -0.449. The van der Waals surface area contributed by atoms with E-state index in [0.29, 0.717) is 15.6 Å². The molecule has 2 aromatic rings. The van der Waals surface area contributed by atoms with Gasteiger partial charge < -0.3 is 25.2 Å². The van der Waals surface area contributed by atoms with Crippen LogP contribution in [0.2, 0.25) is 4.34 Å². The highest BCUT2D eigenvalue weighted by atomic mass is 35.5. The van der Waals surface area contributed by atoms with Crippen LogP contribution in [0.1, 0.15) is 22.1 Å². The zero-order chi connectivity index (χ0) is 18.8. The second-order valence-electron chi connectivity index (χ2n) is 6.22. The molecule has 3 rings (SSSR count). The molecule has 0 unspecified atom stereocenters. The van der Waals surface area contributed by atoms with E-state index >= 15 is 0 Å². The van der Waals surface area contributed by atoms with Crippen molar-refractivity contribution in [2.45, 2.75) is 41.8 Å². The van der Waals surface area contributed by atoms with E-state index < -0.39 is 37.1 Å². The van der Waals surface area contributed by atoms with Crippen molar-refractivity contribution in [3.05, 3.63) is 50.7 Å². The van der Waals surface area contributed by atoms with Crippen LogP contribution in [-0.2, 0) is 11.2 Å². The van der Waals surface area contributed by atoms with Gasteiger partial charge in [0.2, 0.25) is 0 Å². The number of halogens is 1. The molecule has 1 fully saturated rings. The van der Waals surface area contributed by atoms with Gasteiger partial charge in [0.15, 0.2) is 0 Å². The molecule has 1 aromatic carbocycles. The van der Waals surface area contributed by atoms with E-state index in [1.54, 1.807) is 11.8 Å². The first-order chi connectivity index (χ1) is 12.4. The third-order valence-corrected chi connectivity index (χ3v) is 6.75. The minimum absolute atomic E-state index is 0.449. The summed E-state index contributed by atoms with van der Waals surface area (Å²) >= 11 is 9.32. The van der Waals surface area contributed by atoms with Crippen LogP contribution in [0.15, 0.2) is 35.2 Å². The molecule has 1 aliphatic rings. The van der Waals surface area contributed by atoms with Crippen LogP contribution in [0.4, 0.5) is 0 Å². The number of ether oxygens (including phenoxy) is 1. The van der Waals surface area contributed by atoms with E-state index in [9.17, 15) is 20.4 Å². The van der Waals surface area contributed by atoms with Gasteiger partial charge in [0.05, 0.1) is 10.9 Å². The van der Waals surface area contributed by atoms with Crippen molar-refractivity contribution >= 4 is 34.7 Å². The highest BCUT2D eigenvalue weighted by molar-refractivity contribution is 7.98. The summed E-state index contributed by atoms with van der Waals surface area (Å²) in [4.78, 5) is 1.84. The first-order valence-electron chi connectivity index (χ1n) is 8.16. The molecule has 142 valence electrons. The summed E-state index contributed by atoms with van der Waals surface area (Å²) in [5.74, 6) is 0. The first kappa shape index (κ1) is 20.1. The Kier molecular flexibility index (Phi) is 6.63. The lowest BCUT2D eigenvalue weighted by Gasteiger charge is -2.39. The van der Waals surface area contributed by atoms with E-state index in [1.165, 1.54) is 16.2 Å². The fourth-order valence-corrected chi connectivity index (χ4v) is 4.77. The van der Waals surface area contributed by atoms with Gasteiger partial charge in [-0.3, -0.25) is 0 Å². The zero-order valence-corrected chi connectivity index (χ0v) is 16.5. The van der Waals surface area contributed by atoms with E-state index in [4.69, 9.17) is 16.3 Å². The molecular weight excluding hydrogens is 396 g/mol. The Morgan fingerprint density at radius 3 is 2.42 bits per heavy atom. The second kappa shape index (κ2) is 8.58. The fourth-order valence-electron chi connectivity index (χ4n) is 2.99. The maximum Gasteiger partial charge on any atom is 0.121 e. The van der Waals surface area contributed by atoms with Crippen molar-refractivity contribution in [3.63, 3.8) is 0 Å². The summed E-state index contributed by atoms with van der Waals surface area (Å²) < 4.78 is 6.19. The predicted octanol–water partition coefficient (Wildman–Crippen LogP) is 2.23. The van der Waals surface area contributed by atoms with Gasteiger partial charge in [-0.2, -0.15) is 0 Å². The Balaban J connectivity index is 1.80. The quantitative estimate of drug-likeness (QED) is 0.559. The van der Waals surface area contributed by atoms with Crippen molar-refractivity contribution in [2.75, 3.05) is 12.9 Å². The molecule has 26 heavy (non-hydrogen) atoms. The van der Waals surface area contributed by atoms with Crippen molar-refractivity contribution in [1.82, 2.24) is 0 Å². The Morgan fingerprint density at radius 2 is 1.81 bits per heavy atom. The van der Waals surface area contributed by atoms with Gasteiger partial charge in [-0.05, 0) is 42.0 Å². The Hall–Kier alpha value is -0.640. The SMILES string of the molecule is CSc1ccc(Cc2cc([C@@H]3O[C@H](CO)[C@@H](O)[C@H](O)[C@H]3O)sc2Cl)cc1. The standard InChI is InChI=1S/C18H21ClO5S2/c1-25-11-4-2-9(3-5-11)6-10-7-13(26-18(10)19)17-16(23)15(22)14(21)12(8-20)24-17/h2-5,7,12,14-17,20-23H,6,8H2,1H3/t12-,14-,15+,16-,17+/m1/s1. The summed E-state index contributed by atoms with van der Waals surface area (Å²) in [6.07, 6.45) is -3.16. The lowest BCUT2D eigenvalue weighted by molar-refractivity contribution is -0.230. The van der Waals surface area contributed by atoms with Gasteiger partial charge in [-0.15, -0.1) is 23.1 Å². The number of hydrogen-bond acceptors (Lipinski definition) is 7. The average molecular weight is 417 g/mol. The smallest absolute Gasteiger partial charge is 0.121 e. The van der Waals surface area contributed by atoms with Crippen LogP contribution in [0.25, 0.3) is 0 Å². The highest BCUT2D eigenvalue weighted by Gasteiger charge is 2.44. The van der Waals surface area contributed by atoms with Crippen LogP contribution < -0.4 is 0 Å². The van der Waals surface area contributed by atoms with E-state index in [2.05, 4.69) is 12.1 Å². The Morgan fingerprint density at radius 1 is 1.12 bits per heavy atom. The van der Waals surface area contributed by atoms with Gasteiger partial charge in [-0.1, -0.05) is 23.7 Å². The summed E-state index contributed by atoms with van der Waals surface area (Å²) in [6, 6.07) is 10.1. The molecule has 0 spiro atoms. The summed E-state index contributed by atoms with van der Waals surface area (Å²) in [7, 11) is 0. The van der Waals surface area contributed by atoms with Crippen LogP contribution in [0.3, 0.4) is 0 Å². The number of hydrogen-bond donors (Lipinski definition) is 4. The van der Waals surface area contributed by atoms with E-state index in [0.717, 1.165) is 11.1 Å². The number of thiophene rings is 1. The summed E-state index contributed by atoms with van der Waals surface area (Å²) in [5, 5.41) is 39.5. The van der Waals surface area contributed by atoms with Gasteiger partial charge in [-0.25, -0.2) is 0 Å². The van der Waals surface area contributed by atoms with Crippen LogP contribution >= 0.6 is 34.7 Å². The van der Waals surface area contributed by atoms with Crippen molar-refractivity contribution in [2.24, 2.45) is 0 Å². The minimum Gasteiger partial charge on any atom is -0.394 e. The molecule has 1 saturated heterocycles. The average Bonchev–Trinajstić information content (AvgIpc) is 3.01. The molecular formula is C18H21ClO5S2. The maximum absolute atomic E-state index is 10.3. The Labute approximate surface area is 165 Å². The van der Waals surface area contributed by atoms with Crippen LogP contribution in [-0.4, -0.2) is 57.7 Å². The molecule has 1 aromatic heterocycles. The van der Waals surface area contributed by atoms with Gasteiger partial charge >= 0.3 is 0 Å². The summed E-state index contributed by atoms with van der Waals surface area (Å²) in [5.41, 5.74) is 2.02. The van der Waals surface area contributed by atoms with Gasteiger partial charge in [0.1, 0.15) is 30.5 Å². The molecule has 1 aliphatic heterocycles. The molecule has 2 heterocycles. The minimum atomic E-state index is -1.39. The lowest BCUT2D eigenvalue weighted by atomic mass is 9.94. The molecule has 0 radical (unpaired) electrons. The molecule has 0 saturated carbocycles. The number of rotatable bonds is 5. The van der Waals surface area contributed by atoms with Crippen LogP contribution in [0.5, 0.6) is 0 Å². The lowest BCUT2D eigenvalue weighted by Crippen LogP contribution is -2.55. The van der Waals surface area contributed by atoms with Gasteiger partial charge in [0.25, 0.3) is 0 Å². The number of aliphatic hydroxyl groups excluding tert-OH is 4. The highest BCUT2D eigenvalue weighted by Crippen LogP contribution is 2.39. The third kappa shape index (κ3) is 4.10. The van der Waals surface area contributed by atoms with Crippen LogP contribution in [0, 0.1) is 0 Å². The molecule has 0 aliphatic carbocycles. The zero-order valence-electron chi connectivity index (χ0n) is 14.1. The largest absolute Gasteiger partial charge is 0.394 e. The third-order valence-electron chi connectivity index (χ3n) is 4.50. The molecule has 8 heteroatoms. The number of aliphatic hydroxyl groups is 4. The second-order valence-corrected chi connectivity index (χ2v) is 8.79. The Bertz CT molecular complexity index is 734. The monoisotopic (exact) mass is 416 g/mol. The molecule has 5 atom stereocenters. The van der Waals surface area contributed by atoms with Gasteiger partial charge in [0, 0.05) is 9.77 Å². The molecule has 0 amide bonds. The fraction of sp³-hybridized carbons (Fsp3) is 0.444. The van der Waals surface area contributed by atoms with E-state index in [1.807, 2.05) is 24.5 Å². The number of benzene rings is 1. The van der Waals surface area contributed by atoms with E-state index in [-0.39, 0.29) is 0 Å². The first-order valence-corrected chi connectivity index (χ1v) is 10.6. The topological polar surface area (TPSA) is 90.2 Å². The van der Waals surface area contributed by atoms with Crippen molar-refractivity contribution < 1.29 is 25.2 Å². The molecule has 0 bridgehead atoms. The molecule has 4 N–H and O–H groups in total. The number of thioether (sulfide) groups is 1. The maximum atomic E-state index is 10.3. The van der Waals surface area contributed by atoms with Crippen molar-refractivity contribution in [3.8, 4) is 0 Å². The predicted molar refractivity (Wildman–Crippen MR) is 103 cm³/mol. The van der Waals surface area contributed by atoms with Crippen molar-refractivity contribution in [1.29, 1.82) is 0 Å². The molecule has 5 nitrogen and oxygen atoms in total. The normalized spacial score (nSPS) is 29.1.